The molecule has 0 fully saturated rings. The van der Waals surface area contributed by atoms with Gasteiger partial charge in [-0.25, -0.2) is 4.98 Å². The van der Waals surface area contributed by atoms with E-state index >= 15 is 0 Å². The Morgan fingerprint density at radius 3 is 3.18 bits per heavy atom. The number of nitrogens with one attached hydrogen (secondary N) is 1. The molecule has 0 radical (unpaired) electrons. The fourth-order valence-corrected chi connectivity index (χ4v) is 1.25. The lowest BCUT2D eigenvalue weighted by Crippen LogP contribution is -1.85. The van der Waals surface area contributed by atoms with E-state index in [0.717, 1.165) is 11.2 Å². The number of pyridine rings is 1. The third-order valence-electron chi connectivity index (χ3n) is 1.68. The number of nitrogens with zero attached hydrogens (tertiary/aromatic N) is 2. The molecular formula is C7H7N3S. The summed E-state index contributed by atoms with van der Waals surface area (Å²) in [5.74, 6) is 0. The molecule has 4 heteroatoms. The maximum atomic E-state index is 5.02. The lowest BCUT2D eigenvalue weighted by atomic mass is 10.4. The van der Waals surface area contributed by atoms with Crippen LogP contribution >= 0.6 is 12.2 Å². The van der Waals surface area contributed by atoms with Crippen molar-refractivity contribution in [2.24, 2.45) is 7.05 Å². The van der Waals surface area contributed by atoms with Gasteiger partial charge in [-0.05, 0) is 24.4 Å². The minimum Gasteiger partial charge on any atom is -0.319 e. The van der Waals surface area contributed by atoms with E-state index in [9.17, 15) is 0 Å². The Balaban J connectivity index is 3.04. The highest BCUT2D eigenvalue weighted by molar-refractivity contribution is 7.71. The summed E-state index contributed by atoms with van der Waals surface area (Å²) >= 11 is 5.02. The largest absolute Gasteiger partial charge is 0.319 e. The van der Waals surface area contributed by atoms with Gasteiger partial charge >= 0.3 is 0 Å². The lowest BCUT2D eigenvalue weighted by molar-refractivity contribution is 0.927. The average Bonchev–Trinajstić information content (AvgIpc) is 2.30. The number of hydrogen-bond acceptors (Lipinski definition) is 2. The molecule has 0 saturated carbocycles. The van der Waals surface area contributed by atoms with E-state index in [2.05, 4.69) is 9.97 Å². The Morgan fingerprint density at radius 1 is 1.64 bits per heavy atom. The molecule has 2 aromatic heterocycles. The van der Waals surface area contributed by atoms with Crippen molar-refractivity contribution in [3.05, 3.63) is 23.1 Å². The zero-order valence-corrected chi connectivity index (χ0v) is 6.85. The van der Waals surface area contributed by atoms with E-state index in [-0.39, 0.29) is 0 Å². The Labute approximate surface area is 68.7 Å². The van der Waals surface area contributed by atoms with E-state index in [4.69, 9.17) is 12.2 Å². The molecule has 11 heavy (non-hydrogen) atoms. The zero-order chi connectivity index (χ0) is 7.84. The highest BCUT2D eigenvalue weighted by atomic mass is 32.1. The molecule has 0 aliphatic rings. The summed E-state index contributed by atoms with van der Waals surface area (Å²) < 4.78 is 2.61. The summed E-state index contributed by atoms with van der Waals surface area (Å²) in [6, 6.07) is 3.87. The van der Waals surface area contributed by atoms with Gasteiger partial charge < -0.3 is 9.55 Å². The topological polar surface area (TPSA) is 33.6 Å². The smallest absolute Gasteiger partial charge is 0.179 e. The number of H-pyrrole nitrogens is 1. The second-order valence-corrected chi connectivity index (χ2v) is 2.75. The van der Waals surface area contributed by atoms with Crippen molar-refractivity contribution in [3.8, 4) is 0 Å². The first kappa shape index (κ1) is 6.54. The number of rotatable bonds is 0. The standard InChI is InChI=1S/C7H7N3S/c1-10-5-3-2-4-8-6(5)9-7(10)11/h2-4H,1H3,(H,8,9,11). The molecule has 0 aliphatic heterocycles. The second-order valence-electron chi connectivity index (χ2n) is 2.36. The van der Waals surface area contributed by atoms with Gasteiger partial charge in [0.1, 0.15) is 0 Å². The van der Waals surface area contributed by atoms with E-state index < -0.39 is 0 Å². The summed E-state index contributed by atoms with van der Waals surface area (Å²) in [5, 5.41) is 0. The highest BCUT2D eigenvalue weighted by Gasteiger charge is 1.97. The van der Waals surface area contributed by atoms with Gasteiger partial charge in [-0.3, -0.25) is 0 Å². The van der Waals surface area contributed by atoms with Gasteiger partial charge in [0, 0.05) is 13.2 Å². The van der Waals surface area contributed by atoms with Crippen LogP contribution < -0.4 is 0 Å². The third kappa shape index (κ3) is 0.867. The van der Waals surface area contributed by atoms with Crippen molar-refractivity contribution in [1.82, 2.24) is 14.5 Å². The van der Waals surface area contributed by atoms with Crippen LogP contribution in [0, 0.1) is 4.77 Å². The Bertz CT molecular complexity index is 440. The first-order valence-corrected chi connectivity index (χ1v) is 3.69. The maximum absolute atomic E-state index is 5.02. The van der Waals surface area contributed by atoms with Crippen LogP contribution in [-0.2, 0) is 7.05 Å². The molecule has 0 spiro atoms. The van der Waals surface area contributed by atoms with Gasteiger partial charge in [-0.1, -0.05) is 0 Å². The van der Waals surface area contributed by atoms with Crippen LogP contribution in [0.4, 0.5) is 0 Å². The normalized spacial score (nSPS) is 10.6. The maximum Gasteiger partial charge on any atom is 0.179 e. The summed E-state index contributed by atoms with van der Waals surface area (Å²) in [7, 11) is 1.92. The number of aromatic nitrogens is 3. The molecular weight excluding hydrogens is 158 g/mol. The van der Waals surface area contributed by atoms with Gasteiger partial charge in [0.05, 0.1) is 5.52 Å². The van der Waals surface area contributed by atoms with E-state index in [0.29, 0.717) is 4.77 Å². The van der Waals surface area contributed by atoms with Crippen LogP contribution in [0.25, 0.3) is 11.2 Å². The molecule has 0 amide bonds. The monoisotopic (exact) mass is 165 g/mol. The quantitative estimate of drug-likeness (QED) is 0.602. The van der Waals surface area contributed by atoms with Crippen LogP contribution in [0.5, 0.6) is 0 Å². The minimum atomic E-state index is 0.707. The van der Waals surface area contributed by atoms with Gasteiger partial charge in [0.25, 0.3) is 0 Å². The van der Waals surface area contributed by atoms with Gasteiger partial charge in [-0.15, -0.1) is 0 Å². The van der Waals surface area contributed by atoms with Crippen molar-refractivity contribution in [1.29, 1.82) is 0 Å². The molecule has 0 bridgehead atoms. The van der Waals surface area contributed by atoms with Crippen LogP contribution in [-0.4, -0.2) is 14.5 Å². The Morgan fingerprint density at radius 2 is 2.45 bits per heavy atom. The molecule has 0 unspecified atom stereocenters. The van der Waals surface area contributed by atoms with Crippen LogP contribution in [0.1, 0.15) is 0 Å². The molecule has 0 aromatic carbocycles. The fourth-order valence-electron chi connectivity index (χ4n) is 1.06. The summed E-state index contributed by atoms with van der Waals surface area (Å²) in [5.41, 5.74) is 1.89. The number of aryl methyl sites for hydroxylation is 1. The molecule has 0 saturated heterocycles. The van der Waals surface area contributed by atoms with Crippen molar-refractivity contribution in [2.75, 3.05) is 0 Å². The molecule has 2 heterocycles. The van der Waals surface area contributed by atoms with Crippen molar-refractivity contribution in [2.45, 2.75) is 0 Å². The molecule has 0 atom stereocenters. The second kappa shape index (κ2) is 2.17. The van der Waals surface area contributed by atoms with Gasteiger partial charge in [0.2, 0.25) is 0 Å². The summed E-state index contributed by atoms with van der Waals surface area (Å²) in [4.78, 5) is 7.11. The molecule has 3 nitrogen and oxygen atoms in total. The minimum absolute atomic E-state index is 0.707. The number of aromatic amines is 1. The van der Waals surface area contributed by atoms with Crippen molar-refractivity contribution in [3.63, 3.8) is 0 Å². The van der Waals surface area contributed by atoms with Crippen LogP contribution in [0.3, 0.4) is 0 Å². The first-order chi connectivity index (χ1) is 5.29. The Kier molecular flexibility index (Phi) is 1.29. The predicted molar refractivity (Wildman–Crippen MR) is 45.9 cm³/mol. The number of hydrogen-bond donors (Lipinski definition) is 1. The van der Waals surface area contributed by atoms with Gasteiger partial charge in [-0.2, -0.15) is 0 Å². The molecule has 2 rings (SSSR count). The van der Waals surface area contributed by atoms with E-state index in [1.807, 2.05) is 23.7 Å². The first-order valence-electron chi connectivity index (χ1n) is 3.29. The van der Waals surface area contributed by atoms with Crippen molar-refractivity contribution >= 4 is 23.4 Å². The predicted octanol–water partition coefficient (Wildman–Crippen LogP) is 1.63. The lowest BCUT2D eigenvalue weighted by Gasteiger charge is -1.90. The summed E-state index contributed by atoms with van der Waals surface area (Å²) in [6.07, 6.45) is 1.74. The molecule has 2 aromatic rings. The van der Waals surface area contributed by atoms with Crippen LogP contribution in [0.2, 0.25) is 0 Å². The molecule has 0 aliphatic carbocycles. The number of imidazole rings is 1. The third-order valence-corrected chi connectivity index (χ3v) is 2.05. The number of fused-ring (bicyclic) bond motifs is 1. The van der Waals surface area contributed by atoms with E-state index in [1.165, 1.54) is 0 Å². The molecule has 1 N–H and O–H groups in total. The fraction of sp³-hybridized carbons (Fsp3) is 0.143. The van der Waals surface area contributed by atoms with Crippen molar-refractivity contribution < 1.29 is 0 Å². The van der Waals surface area contributed by atoms with Crippen LogP contribution in [0.15, 0.2) is 18.3 Å². The Hall–Kier alpha value is -1.16. The highest BCUT2D eigenvalue weighted by Crippen LogP contribution is 2.07. The van der Waals surface area contributed by atoms with E-state index in [1.54, 1.807) is 6.20 Å². The summed E-state index contributed by atoms with van der Waals surface area (Å²) in [6.45, 7) is 0. The zero-order valence-electron chi connectivity index (χ0n) is 6.03. The van der Waals surface area contributed by atoms with Gasteiger partial charge in [0.15, 0.2) is 10.4 Å². The molecule has 56 valence electrons. The SMILES string of the molecule is Cn1c(=S)[nH]c2ncccc21. The average molecular weight is 165 g/mol.